The molecule has 2 aromatic rings. The normalized spacial score (nSPS) is 31.2. The molecule has 1 amide bonds. The maximum Gasteiger partial charge on any atom is 0.410 e. The number of hydrogen-bond acceptors (Lipinski definition) is 12. The third-order valence-electron chi connectivity index (χ3n) is 11.6. The number of carbonyl (C=O) groups excluding carboxylic acids is 4. The summed E-state index contributed by atoms with van der Waals surface area (Å²) in [5.41, 5.74) is 5.38. The monoisotopic (exact) mass is 766 g/mol. The molecule has 0 saturated carbocycles. The highest BCUT2D eigenvalue weighted by molar-refractivity contribution is 6.16. The van der Waals surface area contributed by atoms with E-state index in [-0.39, 0.29) is 17.8 Å². The summed E-state index contributed by atoms with van der Waals surface area (Å²) in [4.78, 5) is 57.2. The standard InChI is InChI=1S/C40H63BN6O8/c1-11-31-40(9)35(47(37(51)55-40)18-13-12-17-46-23-30(44-45-46)27-15-14-16-28(42)19-27)26(4)43-22-24(2)21-39(8,52-10)34(41)25(3)33(49)29(36(50)53-31)20-32(48)54-38(5,6)7/h14-16,19,23-26,29,31,34-35,43H,11-13,17-18,20-22,41-42H2,1-10H3/t24-,25+,26-,29-,31-,34-,35-,39-,40-/m1/s1. The van der Waals surface area contributed by atoms with Crippen LogP contribution >= 0.6 is 0 Å². The third-order valence-corrected chi connectivity index (χ3v) is 11.6. The quantitative estimate of drug-likeness (QED) is 0.0859. The number of methoxy groups -OCH3 is 1. The van der Waals surface area contributed by atoms with Gasteiger partial charge in [0, 0.05) is 43.4 Å². The van der Waals surface area contributed by atoms with E-state index in [4.69, 9.17) is 24.7 Å². The molecule has 4 rings (SSSR count). The fourth-order valence-electron chi connectivity index (χ4n) is 8.27. The number of rotatable bonds is 10. The molecule has 3 heterocycles. The van der Waals surface area contributed by atoms with Crippen LogP contribution < -0.4 is 11.1 Å². The van der Waals surface area contributed by atoms with E-state index in [0.717, 1.165) is 11.3 Å². The summed E-state index contributed by atoms with van der Waals surface area (Å²) < 4.78 is 25.8. The number of amides is 1. The van der Waals surface area contributed by atoms with E-state index < -0.39 is 71.0 Å². The molecule has 1 aromatic heterocycles. The van der Waals surface area contributed by atoms with Crippen LogP contribution in [0.15, 0.2) is 30.5 Å². The number of hydrogen-bond donors (Lipinski definition) is 2. The van der Waals surface area contributed by atoms with E-state index >= 15 is 0 Å². The van der Waals surface area contributed by atoms with Crippen molar-refractivity contribution in [3.63, 3.8) is 0 Å². The lowest BCUT2D eigenvalue weighted by molar-refractivity contribution is -0.175. The van der Waals surface area contributed by atoms with Crippen LogP contribution in [0.3, 0.4) is 0 Å². The van der Waals surface area contributed by atoms with Gasteiger partial charge < -0.3 is 30.0 Å². The summed E-state index contributed by atoms with van der Waals surface area (Å²) >= 11 is 0. The zero-order valence-corrected chi connectivity index (χ0v) is 34.7. The first-order valence-electron chi connectivity index (χ1n) is 19.7. The number of benzene rings is 1. The minimum absolute atomic E-state index is 0.109. The van der Waals surface area contributed by atoms with Gasteiger partial charge in [0.05, 0.1) is 24.3 Å². The summed E-state index contributed by atoms with van der Waals surface area (Å²) in [5.74, 6) is -4.22. The lowest BCUT2D eigenvalue weighted by Crippen LogP contribution is -2.61. The number of aromatic nitrogens is 3. The van der Waals surface area contributed by atoms with Crippen LogP contribution in [0.1, 0.15) is 94.4 Å². The topological polar surface area (TPSA) is 177 Å². The molecule has 304 valence electrons. The molecule has 2 aliphatic rings. The molecule has 55 heavy (non-hydrogen) atoms. The second kappa shape index (κ2) is 17.9. The van der Waals surface area contributed by atoms with Crippen molar-refractivity contribution in [1.82, 2.24) is 25.2 Å². The fraction of sp³-hybridized carbons (Fsp3) is 0.700. The van der Waals surface area contributed by atoms with Crippen LogP contribution in [0, 0.1) is 17.8 Å². The van der Waals surface area contributed by atoms with Crippen LogP contribution in [0.25, 0.3) is 11.3 Å². The molecule has 0 aliphatic carbocycles. The van der Waals surface area contributed by atoms with E-state index in [1.54, 1.807) is 51.3 Å². The number of aryl methyl sites for hydroxylation is 1. The van der Waals surface area contributed by atoms with Gasteiger partial charge in [-0.2, -0.15) is 0 Å². The van der Waals surface area contributed by atoms with Crippen molar-refractivity contribution in [1.29, 1.82) is 0 Å². The van der Waals surface area contributed by atoms with Crippen molar-refractivity contribution in [2.45, 2.75) is 142 Å². The Labute approximate surface area is 327 Å². The SMILES string of the molecule is B[C@@H]1[C@@H](C)C(=O)[C@@H](CC(=O)OC(C)(C)C)C(=O)O[C@H](CC)[C@@]2(C)OC(=O)N(CCCCn3cc(-c4cccc(N)c4)nn3)[C@@H]2[C@@H](C)NC[C@H](C)C[C@@]1(C)OC. The van der Waals surface area contributed by atoms with Gasteiger partial charge in [0.15, 0.2) is 5.60 Å². The number of carbonyl (C=O) groups is 4. The van der Waals surface area contributed by atoms with Gasteiger partial charge in [0.25, 0.3) is 0 Å². The molecule has 0 spiro atoms. The molecule has 2 saturated heterocycles. The van der Waals surface area contributed by atoms with E-state index in [1.807, 2.05) is 59.1 Å². The number of ether oxygens (including phenoxy) is 4. The van der Waals surface area contributed by atoms with Gasteiger partial charge in [0.1, 0.15) is 36.9 Å². The second-order valence-corrected chi connectivity index (χ2v) is 17.1. The second-order valence-electron chi connectivity index (χ2n) is 17.1. The van der Waals surface area contributed by atoms with E-state index in [2.05, 4.69) is 22.6 Å². The van der Waals surface area contributed by atoms with E-state index in [0.29, 0.717) is 51.0 Å². The maximum atomic E-state index is 14.3. The lowest BCUT2D eigenvalue weighted by atomic mass is 9.62. The molecule has 9 atom stereocenters. The van der Waals surface area contributed by atoms with Gasteiger partial charge in [-0.3, -0.25) is 24.0 Å². The minimum atomic E-state index is -1.42. The summed E-state index contributed by atoms with van der Waals surface area (Å²) in [6.45, 7) is 18.3. The summed E-state index contributed by atoms with van der Waals surface area (Å²) in [6, 6.07) is 6.66. The average molecular weight is 767 g/mol. The van der Waals surface area contributed by atoms with Gasteiger partial charge in [-0.15, -0.1) is 5.10 Å². The highest BCUT2D eigenvalue weighted by atomic mass is 16.6. The van der Waals surface area contributed by atoms with Crippen LogP contribution in [-0.4, -0.2) is 107 Å². The minimum Gasteiger partial charge on any atom is -0.460 e. The number of nitrogen functional groups attached to an aromatic ring is 1. The number of fused-ring (bicyclic) bond motifs is 1. The van der Waals surface area contributed by atoms with Crippen LogP contribution in [0.2, 0.25) is 5.82 Å². The van der Waals surface area contributed by atoms with Gasteiger partial charge >= 0.3 is 18.0 Å². The third kappa shape index (κ3) is 10.5. The predicted molar refractivity (Wildman–Crippen MR) is 212 cm³/mol. The zero-order valence-electron chi connectivity index (χ0n) is 34.7. The van der Waals surface area contributed by atoms with Gasteiger partial charge in [-0.05, 0) is 97.6 Å². The molecule has 14 nitrogen and oxygen atoms in total. The number of nitrogens with zero attached hydrogens (tertiary/aromatic N) is 4. The zero-order chi connectivity index (χ0) is 40.9. The molecule has 15 heteroatoms. The number of nitrogens with two attached hydrogens (primary N) is 1. The fourth-order valence-corrected chi connectivity index (χ4v) is 8.27. The highest BCUT2D eigenvalue weighted by Crippen LogP contribution is 2.41. The molecular weight excluding hydrogens is 703 g/mol. The van der Waals surface area contributed by atoms with Crippen molar-refractivity contribution < 1.29 is 38.1 Å². The largest absolute Gasteiger partial charge is 0.460 e. The van der Waals surface area contributed by atoms with E-state index in [9.17, 15) is 19.2 Å². The Morgan fingerprint density at radius 1 is 1.13 bits per heavy atom. The number of nitrogens with one attached hydrogen (secondary N) is 1. The average Bonchev–Trinajstić information content (AvgIpc) is 3.69. The Kier molecular flexibility index (Phi) is 14.2. The van der Waals surface area contributed by atoms with Gasteiger partial charge in [-0.1, -0.05) is 38.1 Å². The van der Waals surface area contributed by atoms with Gasteiger partial charge in [-0.25, -0.2) is 4.79 Å². The Hall–Kier alpha value is -3.98. The number of anilines is 1. The Morgan fingerprint density at radius 3 is 2.45 bits per heavy atom. The number of ketones is 1. The molecule has 0 unspecified atom stereocenters. The van der Waals surface area contributed by atoms with Gasteiger partial charge in [0.2, 0.25) is 0 Å². The first-order chi connectivity index (χ1) is 25.7. The van der Waals surface area contributed by atoms with Crippen LogP contribution in [0.5, 0.6) is 0 Å². The van der Waals surface area contributed by atoms with Crippen molar-refractivity contribution >= 4 is 37.3 Å². The van der Waals surface area contributed by atoms with Crippen molar-refractivity contribution in [2.24, 2.45) is 17.8 Å². The molecule has 3 N–H and O–H groups in total. The summed E-state index contributed by atoms with van der Waals surface area (Å²) in [7, 11) is 3.58. The summed E-state index contributed by atoms with van der Waals surface area (Å²) in [6.07, 6.45) is 2.23. The Bertz CT molecular complexity index is 1670. The number of Topliss-reactive ketones (excluding diaryl/α,β-unsaturated/α-hetero) is 1. The summed E-state index contributed by atoms with van der Waals surface area (Å²) in [5, 5.41) is 12.2. The van der Waals surface area contributed by atoms with Crippen molar-refractivity contribution in [3.8, 4) is 11.3 Å². The predicted octanol–water partition coefficient (Wildman–Crippen LogP) is 4.61. The Balaban J connectivity index is 1.62. The first kappa shape index (κ1) is 43.7. The van der Waals surface area contributed by atoms with Crippen LogP contribution in [0.4, 0.5) is 10.5 Å². The number of cyclic esters (lactones) is 1. The molecule has 2 aliphatic heterocycles. The highest BCUT2D eigenvalue weighted by Gasteiger charge is 2.58. The Morgan fingerprint density at radius 2 is 1.82 bits per heavy atom. The van der Waals surface area contributed by atoms with Crippen molar-refractivity contribution in [3.05, 3.63) is 30.5 Å². The first-order valence-corrected chi connectivity index (χ1v) is 19.7. The molecule has 0 bridgehead atoms. The number of esters is 2. The van der Waals surface area contributed by atoms with E-state index in [1.165, 1.54) is 0 Å². The number of unbranched alkanes of at least 4 members (excludes halogenated alkanes) is 1. The van der Waals surface area contributed by atoms with Crippen LogP contribution in [-0.2, 0) is 39.9 Å². The lowest BCUT2D eigenvalue weighted by Gasteiger charge is -2.41. The van der Waals surface area contributed by atoms with Crippen molar-refractivity contribution in [2.75, 3.05) is 25.9 Å². The molecule has 2 fully saturated rings. The molecular formula is C40H63BN6O8. The molecule has 0 radical (unpaired) electrons. The maximum absolute atomic E-state index is 14.3. The molecule has 1 aromatic carbocycles. The smallest absolute Gasteiger partial charge is 0.410 e.